The van der Waals surface area contributed by atoms with Gasteiger partial charge in [-0.05, 0) is 41.3 Å². The van der Waals surface area contributed by atoms with Gasteiger partial charge in [0.2, 0.25) is 5.91 Å². The van der Waals surface area contributed by atoms with Gasteiger partial charge in [-0.1, -0.05) is 72.8 Å². The van der Waals surface area contributed by atoms with Gasteiger partial charge >= 0.3 is 0 Å². The molecule has 1 aliphatic rings. The predicted molar refractivity (Wildman–Crippen MR) is 135 cm³/mol. The van der Waals surface area contributed by atoms with Crippen LogP contribution in [0.1, 0.15) is 33.2 Å². The first kappa shape index (κ1) is 21.7. The number of amides is 1. The number of hydrogen-bond donors (Lipinski definition) is 0. The highest BCUT2D eigenvalue weighted by atomic mass is 35.5. The van der Waals surface area contributed by atoms with Gasteiger partial charge in [0.15, 0.2) is 0 Å². The molecule has 4 nitrogen and oxygen atoms in total. The summed E-state index contributed by atoms with van der Waals surface area (Å²) in [5.74, 6) is -0.0195. The van der Waals surface area contributed by atoms with Crippen LogP contribution in [0.4, 0.5) is 0 Å². The van der Waals surface area contributed by atoms with Crippen LogP contribution in [0.3, 0.4) is 0 Å². The minimum absolute atomic E-state index is 0.0365. The van der Waals surface area contributed by atoms with Gasteiger partial charge < -0.3 is 4.90 Å². The van der Waals surface area contributed by atoms with Crippen molar-refractivity contribution in [3.05, 3.63) is 111 Å². The molecule has 4 aromatic rings. The maximum absolute atomic E-state index is 12.5. The molecular weight excluding hydrogens is 450 g/mol. The molecule has 2 aromatic carbocycles. The molecule has 0 N–H and O–H groups in total. The lowest BCUT2D eigenvalue weighted by atomic mass is 9.84. The lowest BCUT2D eigenvalue weighted by Gasteiger charge is -2.33. The van der Waals surface area contributed by atoms with E-state index in [9.17, 15) is 4.79 Å². The van der Waals surface area contributed by atoms with Crippen LogP contribution in [0.25, 0.3) is 11.1 Å². The number of aromatic nitrogens is 2. The van der Waals surface area contributed by atoms with Gasteiger partial charge in [0, 0.05) is 29.1 Å². The van der Waals surface area contributed by atoms with Crippen LogP contribution >= 0.6 is 22.9 Å². The van der Waals surface area contributed by atoms with Crippen molar-refractivity contribution in [2.45, 2.75) is 25.9 Å². The number of thiophene rings is 1. The molecule has 6 heteroatoms. The van der Waals surface area contributed by atoms with E-state index in [0.717, 1.165) is 32.6 Å². The molecule has 0 saturated heterocycles. The monoisotopic (exact) mass is 473 g/mol. The Balaban J connectivity index is 1.56. The molecule has 0 bridgehead atoms. The third-order valence-corrected chi connectivity index (χ3v) is 7.44. The summed E-state index contributed by atoms with van der Waals surface area (Å²) in [5.41, 5.74) is 6.83. The van der Waals surface area contributed by atoms with E-state index < -0.39 is 0 Å². The Labute approximate surface area is 202 Å². The highest BCUT2D eigenvalue weighted by Crippen LogP contribution is 2.43. The molecule has 0 radical (unpaired) electrons. The number of nitrogens with zero attached hydrogens (tertiary/aromatic N) is 3. The molecule has 0 fully saturated rings. The van der Waals surface area contributed by atoms with Gasteiger partial charge in [0.1, 0.15) is 0 Å². The number of aryl methyl sites for hydroxylation is 1. The molecule has 0 saturated carbocycles. The van der Waals surface area contributed by atoms with Crippen molar-refractivity contribution in [2.75, 3.05) is 6.54 Å². The summed E-state index contributed by atoms with van der Waals surface area (Å²) >= 11 is 7.96. The first-order chi connectivity index (χ1) is 16.0. The molecule has 1 aliphatic heterocycles. The van der Waals surface area contributed by atoms with Crippen LogP contribution < -0.4 is 0 Å². The molecule has 3 heterocycles. The summed E-state index contributed by atoms with van der Waals surface area (Å²) < 4.78 is 2.75. The van der Waals surface area contributed by atoms with Crippen molar-refractivity contribution in [1.82, 2.24) is 14.7 Å². The number of benzene rings is 2. The molecule has 166 valence electrons. The van der Waals surface area contributed by atoms with Gasteiger partial charge in [-0.2, -0.15) is 5.10 Å². The zero-order chi connectivity index (χ0) is 22.9. The average molecular weight is 474 g/mol. The lowest BCUT2D eigenvalue weighted by molar-refractivity contribution is -0.127. The van der Waals surface area contributed by atoms with Crippen molar-refractivity contribution in [3.8, 4) is 11.1 Å². The third-order valence-electron chi connectivity index (χ3n) is 6.17. The number of fused-ring (bicyclic) bond motifs is 1. The highest BCUT2D eigenvalue weighted by molar-refractivity contribution is 7.16. The number of carbonyl (C=O) groups is 1. The average Bonchev–Trinajstić information content (AvgIpc) is 3.39. The fourth-order valence-electron chi connectivity index (χ4n) is 4.63. The van der Waals surface area contributed by atoms with Crippen LogP contribution in [0.15, 0.2) is 79.5 Å². The Bertz CT molecular complexity index is 1320. The van der Waals surface area contributed by atoms with Crippen LogP contribution in [0, 0.1) is 6.92 Å². The second-order valence-electron chi connectivity index (χ2n) is 8.30. The van der Waals surface area contributed by atoms with Crippen molar-refractivity contribution >= 4 is 28.8 Å². The molecular formula is C27H24ClN3OS. The molecule has 0 unspecified atom stereocenters. The minimum Gasteiger partial charge on any atom is -0.333 e. The van der Waals surface area contributed by atoms with Gasteiger partial charge in [-0.15, -0.1) is 11.3 Å². The number of carbonyl (C=O) groups excluding carboxylic acids is 1. The molecule has 33 heavy (non-hydrogen) atoms. The predicted octanol–water partition coefficient (Wildman–Crippen LogP) is 6.28. The maximum Gasteiger partial charge on any atom is 0.246 e. The fourth-order valence-corrected chi connectivity index (χ4v) is 5.98. The first-order valence-electron chi connectivity index (χ1n) is 10.9. The highest BCUT2D eigenvalue weighted by Gasteiger charge is 2.32. The second kappa shape index (κ2) is 9.00. The second-order valence-corrected chi connectivity index (χ2v) is 10.1. The topological polar surface area (TPSA) is 38.1 Å². The van der Waals surface area contributed by atoms with Gasteiger partial charge in [0.25, 0.3) is 0 Å². The van der Waals surface area contributed by atoms with Crippen molar-refractivity contribution < 1.29 is 4.79 Å². The van der Waals surface area contributed by atoms with Crippen LogP contribution in [0.2, 0.25) is 4.34 Å². The summed E-state index contributed by atoms with van der Waals surface area (Å²) in [5, 5.41) is 4.79. The number of hydrogen-bond acceptors (Lipinski definition) is 3. The van der Waals surface area contributed by atoms with E-state index in [1.165, 1.54) is 22.8 Å². The van der Waals surface area contributed by atoms with Crippen molar-refractivity contribution in [3.63, 3.8) is 0 Å². The van der Waals surface area contributed by atoms with Gasteiger partial charge in [-0.3, -0.25) is 9.48 Å². The summed E-state index contributed by atoms with van der Waals surface area (Å²) in [6, 6.07) is 20.8. The molecule has 5 rings (SSSR count). The Hall–Kier alpha value is -3.15. The summed E-state index contributed by atoms with van der Waals surface area (Å²) in [4.78, 5) is 15.5. The molecule has 0 spiro atoms. The standard InChI is InChI=1S/C27H24ClN3OS/c1-3-27(32)30-15-24(22-13-26(28)33-25(22)17-30)21-12-8-7-11-20(21)23-16-31(29-18(23)2)14-19-9-5-4-6-10-19/h3-13,16,24H,1,14-15,17H2,2H3/t24-/m0/s1. The molecule has 1 atom stereocenters. The van der Waals surface area contributed by atoms with Gasteiger partial charge in [-0.25, -0.2) is 0 Å². The quantitative estimate of drug-likeness (QED) is 0.320. The van der Waals surface area contributed by atoms with Crippen molar-refractivity contribution in [1.29, 1.82) is 0 Å². The Kier molecular flexibility index (Phi) is 5.92. The summed E-state index contributed by atoms with van der Waals surface area (Å²) in [6.45, 7) is 7.63. The maximum atomic E-state index is 12.5. The minimum atomic E-state index is -0.0560. The van der Waals surface area contributed by atoms with E-state index in [1.54, 1.807) is 11.3 Å². The number of halogens is 1. The Morgan fingerprint density at radius 3 is 2.70 bits per heavy atom. The van der Waals surface area contributed by atoms with E-state index in [1.807, 2.05) is 27.8 Å². The van der Waals surface area contributed by atoms with Crippen LogP contribution in [-0.2, 0) is 17.9 Å². The Morgan fingerprint density at radius 1 is 1.15 bits per heavy atom. The summed E-state index contributed by atoms with van der Waals surface area (Å²) in [6.07, 6.45) is 3.51. The third kappa shape index (κ3) is 4.26. The summed E-state index contributed by atoms with van der Waals surface area (Å²) in [7, 11) is 0. The molecule has 0 aliphatic carbocycles. The molecule has 2 aromatic heterocycles. The molecule has 1 amide bonds. The zero-order valence-corrected chi connectivity index (χ0v) is 19.9. The fraction of sp³-hybridized carbons (Fsp3) is 0.185. The van der Waals surface area contributed by atoms with E-state index >= 15 is 0 Å². The van der Waals surface area contributed by atoms with E-state index in [4.69, 9.17) is 16.7 Å². The SMILES string of the molecule is C=CC(=O)N1Cc2sc(Cl)cc2[C@H](c2ccccc2-c2cn(Cc3ccccc3)nc2C)C1. The van der Waals surface area contributed by atoms with Gasteiger partial charge in [0.05, 0.1) is 23.1 Å². The Morgan fingerprint density at radius 2 is 1.91 bits per heavy atom. The first-order valence-corrected chi connectivity index (χ1v) is 12.1. The largest absolute Gasteiger partial charge is 0.333 e. The van der Waals surface area contributed by atoms with E-state index in [-0.39, 0.29) is 11.8 Å². The van der Waals surface area contributed by atoms with E-state index in [0.29, 0.717) is 13.1 Å². The van der Waals surface area contributed by atoms with Crippen LogP contribution in [-0.4, -0.2) is 27.1 Å². The number of rotatable bonds is 5. The smallest absolute Gasteiger partial charge is 0.246 e. The zero-order valence-electron chi connectivity index (χ0n) is 18.4. The van der Waals surface area contributed by atoms with E-state index in [2.05, 4.69) is 62.2 Å². The lowest BCUT2D eigenvalue weighted by Crippen LogP contribution is -2.37. The van der Waals surface area contributed by atoms with Crippen LogP contribution in [0.5, 0.6) is 0 Å². The normalized spacial score (nSPS) is 15.3. The van der Waals surface area contributed by atoms with Crippen molar-refractivity contribution in [2.24, 2.45) is 0 Å².